The fourth-order valence-corrected chi connectivity index (χ4v) is 3.96. The quantitative estimate of drug-likeness (QED) is 0.665. The molecule has 0 amide bonds. The van der Waals surface area contributed by atoms with Crippen LogP contribution < -0.4 is 10.0 Å². The summed E-state index contributed by atoms with van der Waals surface area (Å²) in [6.45, 7) is 0. The van der Waals surface area contributed by atoms with Crippen molar-refractivity contribution in [1.82, 2.24) is 4.72 Å². The third-order valence-corrected chi connectivity index (χ3v) is 5.45. The number of rotatable bonds is 3. The maximum atomic E-state index is 13.6. The highest BCUT2D eigenvalue weighted by Crippen LogP contribution is 2.21. The Balaban J connectivity index is 1.60. The molecule has 0 radical (unpaired) electrons. The van der Waals surface area contributed by atoms with Crippen LogP contribution in [0.25, 0.3) is 10.8 Å². The Bertz CT molecular complexity index is 1240. The van der Waals surface area contributed by atoms with E-state index in [1.165, 1.54) is 12.1 Å². The van der Waals surface area contributed by atoms with Gasteiger partial charge in [0, 0.05) is 23.9 Å². The van der Waals surface area contributed by atoms with Gasteiger partial charge in [-0.05, 0) is 34.5 Å². The molecule has 0 aliphatic carbocycles. The lowest BCUT2D eigenvalue weighted by molar-refractivity contribution is 0.589. The number of benzene rings is 3. The van der Waals surface area contributed by atoms with Crippen molar-refractivity contribution in [2.24, 2.45) is 4.40 Å². The second-order valence-corrected chi connectivity index (χ2v) is 8.08. The zero-order valence-corrected chi connectivity index (χ0v) is 16.1. The lowest BCUT2D eigenvalue weighted by Crippen LogP contribution is -2.30. The van der Waals surface area contributed by atoms with E-state index in [0.29, 0.717) is 17.8 Å². The first-order valence-electron chi connectivity index (χ1n) is 8.41. The molecule has 0 unspecified atom stereocenters. The molecular formula is C20H15ClFN3O2S. The van der Waals surface area contributed by atoms with Gasteiger partial charge in [0.2, 0.25) is 0 Å². The number of fused-ring (bicyclic) bond motifs is 1. The summed E-state index contributed by atoms with van der Waals surface area (Å²) in [7, 11) is -3.89. The summed E-state index contributed by atoms with van der Waals surface area (Å²) >= 11 is 5.67. The van der Waals surface area contributed by atoms with Crippen LogP contribution in [0.5, 0.6) is 0 Å². The molecule has 28 heavy (non-hydrogen) atoms. The highest BCUT2D eigenvalue weighted by atomic mass is 35.5. The maximum absolute atomic E-state index is 13.6. The van der Waals surface area contributed by atoms with Crippen molar-refractivity contribution in [3.8, 4) is 0 Å². The van der Waals surface area contributed by atoms with Gasteiger partial charge in [-0.1, -0.05) is 54.1 Å². The summed E-state index contributed by atoms with van der Waals surface area (Å²) in [6.07, 6.45) is 1.96. The average molecular weight is 416 g/mol. The summed E-state index contributed by atoms with van der Waals surface area (Å²) in [6, 6.07) is 18.0. The van der Waals surface area contributed by atoms with Crippen LogP contribution in [-0.4, -0.2) is 14.3 Å². The molecule has 0 fully saturated rings. The molecule has 3 aromatic rings. The molecule has 3 aromatic carbocycles. The number of nitrogens with one attached hydrogen (secondary N) is 2. The van der Waals surface area contributed by atoms with E-state index in [1.54, 1.807) is 12.1 Å². The van der Waals surface area contributed by atoms with Crippen LogP contribution in [0.3, 0.4) is 0 Å². The first-order chi connectivity index (χ1) is 13.4. The van der Waals surface area contributed by atoms with Crippen LogP contribution in [0.2, 0.25) is 5.02 Å². The Morgan fingerprint density at radius 2 is 1.82 bits per heavy atom. The molecule has 0 bridgehead atoms. The minimum Gasteiger partial charge on any atom is -0.339 e. The zero-order valence-electron chi connectivity index (χ0n) is 14.5. The van der Waals surface area contributed by atoms with Crippen molar-refractivity contribution in [3.05, 3.63) is 88.8 Å². The fraction of sp³-hybridized carbons (Fsp3) is 0.0500. The molecule has 8 heteroatoms. The Morgan fingerprint density at radius 1 is 1.04 bits per heavy atom. The third-order valence-electron chi connectivity index (χ3n) is 4.19. The zero-order chi connectivity index (χ0) is 19.7. The topological polar surface area (TPSA) is 70.6 Å². The Hall–Kier alpha value is -2.90. The minimum atomic E-state index is -3.89. The van der Waals surface area contributed by atoms with Crippen LogP contribution in [0.1, 0.15) is 5.56 Å². The van der Waals surface area contributed by atoms with Gasteiger partial charge in [-0.3, -0.25) is 4.72 Å². The van der Waals surface area contributed by atoms with Crippen molar-refractivity contribution < 1.29 is 12.8 Å². The van der Waals surface area contributed by atoms with E-state index in [0.717, 1.165) is 16.3 Å². The van der Waals surface area contributed by atoms with Crippen LogP contribution in [0, 0.1) is 5.82 Å². The van der Waals surface area contributed by atoms with E-state index < -0.39 is 16.0 Å². The van der Waals surface area contributed by atoms with Gasteiger partial charge in [0.25, 0.3) is 0 Å². The standard InChI is InChI=1S/C20H15ClFN3O2S/c21-18-8-7-16(11-19(18)22)23-20-12-17(24-28(26,27)25-20)10-13-5-6-14-3-1-2-4-15(14)9-13/h1-9,11-12,24H,10H2,(H,23,25). The second-order valence-electron chi connectivity index (χ2n) is 6.34. The minimum absolute atomic E-state index is 0.0158. The molecule has 0 saturated carbocycles. The van der Waals surface area contributed by atoms with Gasteiger partial charge in [-0.25, -0.2) is 4.39 Å². The summed E-state index contributed by atoms with van der Waals surface area (Å²) in [5.41, 5.74) is 1.76. The molecule has 1 heterocycles. The van der Waals surface area contributed by atoms with Gasteiger partial charge in [-0.15, -0.1) is 4.40 Å². The van der Waals surface area contributed by atoms with Gasteiger partial charge in [-0.2, -0.15) is 8.42 Å². The molecule has 142 valence electrons. The molecule has 0 atom stereocenters. The van der Waals surface area contributed by atoms with Crippen LogP contribution in [0.15, 0.2) is 76.8 Å². The van der Waals surface area contributed by atoms with Crippen molar-refractivity contribution >= 4 is 44.1 Å². The summed E-state index contributed by atoms with van der Waals surface area (Å²) in [5.74, 6) is -0.513. The van der Waals surface area contributed by atoms with E-state index in [4.69, 9.17) is 11.6 Å². The highest BCUT2D eigenvalue weighted by molar-refractivity contribution is 7.88. The van der Waals surface area contributed by atoms with E-state index in [9.17, 15) is 12.8 Å². The Morgan fingerprint density at radius 3 is 2.61 bits per heavy atom. The fourth-order valence-electron chi connectivity index (χ4n) is 2.98. The lowest BCUT2D eigenvalue weighted by Gasteiger charge is -2.17. The first kappa shape index (κ1) is 18.5. The van der Waals surface area contributed by atoms with Crippen LogP contribution >= 0.6 is 11.6 Å². The Labute approximate surface area is 166 Å². The molecular weight excluding hydrogens is 401 g/mol. The molecule has 0 spiro atoms. The highest BCUT2D eigenvalue weighted by Gasteiger charge is 2.18. The van der Waals surface area contributed by atoms with Gasteiger partial charge >= 0.3 is 10.2 Å². The molecule has 0 aromatic heterocycles. The number of hydrogen-bond donors (Lipinski definition) is 2. The van der Waals surface area contributed by atoms with Crippen molar-refractivity contribution in [3.63, 3.8) is 0 Å². The predicted molar refractivity (Wildman–Crippen MR) is 110 cm³/mol. The molecule has 0 saturated heterocycles. The van der Waals surface area contributed by atoms with E-state index in [-0.39, 0.29) is 10.9 Å². The normalized spacial score (nSPS) is 15.5. The number of halogens is 2. The number of anilines is 1. The SMILES string of the molecule is O=S1(=O)N=C(Nc2ccc(Cl)c(F)c2)C=C(Cc2ccc3ccccc3c2)N1. The molecule has 1 aliphatic heterocycles. The van der Waals surface area contributed by atoms with Crippen LogP contribution in [-0.2, 0) is 16.6 Å². The van der Waals surface area contributed by atoms with Gasteiger partial charge in [0.05, 0.1) is 5.02 Å². The van der Waals surface area contributed by atoms with E-state index >= 15 is 0 Å². The Kier molecular flexibility index (Phi) is 4.78. The van der Waals surface area contributed by atoms with Crippen molar-refractivity contribution in [2.75, 3.05) is 5.32 Å². The van der Waals surface area contributed by atoms with Crippen LogP contribution in [0.4, 0.5) is 10.1 Å². The van der Waals surface area contributed by atoms with Gasteiger partial charge in [0.15, 0.2) is 0 Å². The number of nitrogens with zero attached hydrogens (tertiary/aromatic N) is 1. The monoisotopic (exact) mass is 415 g/mol. The van der Waals surface area contributed by atoms with E-state index in [2.05, 4.69) is 14.4 Å². The van der Waals surface area contributed by atoms with E-state index in [1.807, 2.05) is 42.5 Å². The van der Waals surface area contributed by atoms with Crippen molar-refractivity contribution in [2.45, 2.75) is 6.42 Å². The molecule has 1 aliphatic rings. The summed E-state index contributed by atoms with van der Waals surface area (Å²) in [4.78, 5) is 0. The molecule has 4 rings (SSSR count). The average Bonchev–Trinajstić information content (AvgIpc) is 2.63. The number of allylic oxidation sites excluding steroid dienone is 1. The second kappa shape index (κ2) is 7.26. The number of hydrogen-bond acceptors (Lipinski definition) is 3. The smallest absolute Gasteiger partial charge is 0.339 e. The third kappa shape index (κ3) is 4.16. The van der Waals surface area contributed by atoms with Gasteiger partial charge in [0.1, 0.15) is 11.7 Å². The predicted octanol–water partition coefficient (Wildman–Crippen LogP) is 4.42. The maximum Gasteiger partial charge on any atom is 0.343 e. The largest absolute Gasteiger partial charge is 0.343 e. The lowest BCUT2D eigenvalue weighted by atomic mass is 10.0. The number of amidine groups is 1. The van der Waals surface area contributed by atoms with Gasteiger partial charge < -0.3 is 5.32 Å². The molecule has 2 N–H and O–H groups in total. The molecule has 5 nitrogen and oxygen atoms in total. The first-order valence-corrected chi connectivity index (χ1v) is 10.2. The van der Waals surface area contributed by atoms with Crippen molar-refractivity contribution in [1.29, 1.82) is 0 Å². The summed E-state index contributed by atoms with van der Waals surface area (Å²) in [5, 5.41) is 4.97. The summed E-state index contributed by atoms with van der Waals surface area (Å²) < 4.78 is 43.9.